The summed E-state index contributed by atoms with van der Waals surface area (Å²) in [6.45, 7) is 28.9. The van der Waals surface area contributed by atoms with E-state index in [0.29, 0.717) is 104 Å². The topological polar surface area (TPSA) is 307 Å². The number of aliphatic hydroxyl groups is 1. The highest BCUT2D eigenvalue weighted by molar-refractivity contribution is 7.92. The van der Waals surface area contributed by atoms with Crippen molar-refractivity contribution in [3.63, 3.8) is 0 Å². The van der Waals surface area contributed by atoms with Crippen LogP contribution in [0.15, 0.2) is 156 Å². The summed E-state index contributed by atoms with van der Waals surface area (Å²) < 4.78 is 88.2. The zero-order valence-corrected chi connectivity index (χ0v) is 71.2. The van der Waals surface area contributed by atoms with Gasteiger partial charge in [-0.15, -0.1) is 0 Å². The van der Waals surface area contributed by atoms with E-state index in [1.807, 2.05) is 49.4 Å². The van der Waals surface area contributed by atoms with Gasteiger partial charge in [0.15, 0.2) is 31.3 Å². The van der Waals surface area contributed by atoms with E-state index in [9.17, 15) is 26.0 Å². The smallest absolute Gasteiger partial charge is 0.229 e. The molecule has 4 aliphatic rings. The van der Waals surface area contributed by atoms with Gasteiger partial charge in [0.25, 0.3) is 0 Å². The van der Waals surface area contributed by atoms with E-state index >= 15 is 0 Å². The number of nitrogens with zero attached hydrogens (tertiary/aromatic N) is 11. The molecule has 6 heterocycles. The van der Waals surface area contributed by atoms with Crippen molar-refractivity contribution < 1.29 is 40.5 Å². The summed E-state index contributed by atoms with van der Waals surface area (Å²) in [6.07, 6.45) is 8.13. The number of piperidine rings is 1. The van der Waals surface area contributed by atoms with Gasteiger partial charge in [0.1, 0.15) is 41.6 Å². The molecule has 9 aromatic rings. The Kier molecular flexibility index (Phi) is 27.9. The number of likely N-dealkylation sites (N-methyl/N-ethyl adjacent to an activating group) is 1. The predicted octanol–water partition coefficient (Wildman–Crippen LogP) is 14.7. The van der Waals surface area contributed by atoms with Crippen molar-refractivity contribution in [2.24, 2.45) is 0 Å². The second-order valence-corrected chi connectivity index (χ2v) is 41.8. The molecule has 6 aromatic carbocycles. The van der Waals surface area contributed by atoms with Crippen molar-refractivity contribution in [2.75, 3.05) is 168 Å². The molecule has 13 rings (SSSR count). The van der Waals surface area contributed by atoms with E-state index in [1.54, 1.807) is 135 Å². The second kappa shape index (κ2) is 37.1. The standard InChI is InChI=1S/C30H40ClN7O2S.C26H31N4O4PS.C25H32ClN6O3P/c1-21(2)41(39,40)28-8-6-5-7-27(28)33-29-25(31)20-32-30(35-29)34-26-10-9-24(19-22(26)3)37-13-11-23(12-14-37)38-17-15-36(4)16-18-38;1-16(2)36(32,33)23-10-8-7-9-20(23)27-25-24-17(3)11-13-21(24)29-26(30-25)28-19-14-12-18(35(5,6)31)15-22(19)34-4;1-35-22-16-18(32-12-10-31(11-13-32)14-15-33)8-9-20(22)29-25-27-17-19(26)24(30-25)28-21-6-4-5-7-23(21)36(2,3)34/h5-10,19-21,23H,11-18H2,1-4H3,(H2,32,33,34,35);7-12,14-16H,13H2,1-6H3,(H2,27,28,29,30);4-9,16-17,33H,10-15H2,1-3H3,(H2,27,28,29,30). The Morgan fingerprint density at radius 3 is 1.55 bits per heavy atom. The van der Waals surface area contributed by atoms with Crippen LogP contribution in [0.3, 0.4) is 0 Å². The molecule has 0 bridgehead atoms. The second-order valence-electron chi connectivity index (χ2n) is 29.6. The van der Waals surface area contributed by atoms with Gasteiger partial charge in [-0.25, -0.2) is 31.8 Å². The largest absolute Gasteiger partial charge is 0.495 e. The number of piperazine rings is 2. The molecule has 3 aliphatic heterocycles. The van der Waals surface area contributed by atoms with Crippen molar-refractivity contribution >= 4 is 154 Å². The van der Waals surface area contributed by atoms with E-state index in [0.717, 1.165) is 97.1 Å². The number of ether oxygens (including phenoxy) is 2. The summed E-state index contributed by atoms with van der Waals surface area (Å²) >= 11 is 12.8. The molecular weight excluding hydrogens is 1550 g/mol. The Hall–Kier alpha value is -8.92. The Bertz CT molecular complexity index is 5250. The SMILES string of the molecule is COc1cc(N2CCN(CCO)CC2)ccc1Nc1ncc(Cl)c(Nc2ccccc2P(C)(C)=O)n1.COc1cc(P(C)(C)=O)ccc1Nc1nc2c(c(Nc3ccccc3S(=O)(=O)C(C)C)n1)C(C)=CC2.Cc1cc(N2CCC(N3CCN(C)CC3)CC2)ccc1Nc1ncc(Cl)c(Nc2ccccc2S(=O)(=O)C(C)C)n1. The van der Waals surface area contributed by atoms with Crippen LogP contribution in [0.5, 0.6) is 11.5 Å². The van der Waals surface area contributed by atoms with Crippen LogP contribution in [0.2, 0.25) is 10.0 Å². The van der Waals surface area contributed by atoms with E-state index in [-0.39, 0.29) is 16.4 Å². The van der Waals surface area contributed by atoms with E-state index in [2.05, 4.69) is 115 Å². The average Bonchev–Trinajstić information content (AvgIpc) is 1.75. The minimum atomic E-state index is -3.51. The van der Waals surface area contributed by atoms with Crippen LogP contribution >= 0.6 is 37.5 Å². The molecule has 3 fully saturated rings. The fraction of sp³-hybridized carbons (Fsp3) is 0.383. The Labute approximate surface area is 674 Å². The van der Waals surface area contributed by atoms with Gasteiger partial charge in [-0.05, 0) is 184 Å². The highest BCUT2D eigenvalue weighted by Crippen LogP contribution is 2.43. The lowest BCUT2D eigenvalue weighted by Crippen LogP contribution is -2.52. The number of methoxy groups -OCH3 is 2. The molecule has 3 aromatic heterocycles. The molecule has 26 nitrogen and oxygen atoms in total. The predicted molar refractivity (Wildman–Crippen MR) is 463 cm³/mol. The molecule has 0 radical (unpaired) electrons. The number of anilines is 14. The van der Waals surface area contributed by atoms with Crippen LogP contribution in [0.25, 0.3) is 5.57 Å². The van der Waals surface area contributed by atoms with Gasteiger partial charge < -0.3 is 70.3 Å². The number of β-amino-alcohol motifs (C(OH)–C–C–N with tert-alkyl or cyclic N) is 1. The lowest BCUT2D eigenvalue weighted by Gasteiger charge is -2.42. The first-order valence-corrected chi connectivity index (χ1v) is 46.7. The number of halogens is 2. The van der Waals surface area contributed by atoms with Crippen molar-refractivity contribution in [1.82, 2.24) is 44.6 Å². The summed E-state index contributed by atoms with van der Waals surface area (Å²) in [6, 6.07) is 39.5. The number of aromatic nitrogens is 6. The number of para-hydroxylation sites is 3. The third-order valence-electron chi connectivity index (χ3n) is 20.3. The van der Waals surface area contributed by atoms with Gasteiger partial charge in [0, 0.05) is 124 Å². The van der Waals surface area contributed by atoms with Crippen molar-refractivity contribution in [1.29, 1.82) is 0 Å². The molecule has 0 saturated carbocycles. The van der Waals surface area contributed by atoms with Crippen molar-refractivity contribution in [3.8, 4) is 11.5 Å². The summed E-state index contributed by atoms with van der Waals surface area (Å²) in [5, 5.41) is 29.5. The number of aryl methyl sites for hydroxylation is 1. The van der Waals surface area contributed by atoms with Gasteiger partial charge in [0.2, 0.25) is 17.8 Å². The highest BCUT2D eigenvalue weighted by Gasteiger charge is 2.31. The van der Waals surface area contributed by atoms with Gasteiger partial charge in [-0.3, -0.25) is 9.80 Å². The quantitative estimate of drug-likeness (QED) is 0.0262. The molecule has 7 N–H and O–H groups in total. The maximum absolute atomic E-state index is 13.0. The monoisotopic (exact) mass is 1650 g/mol. The molecule has 3 saturated heterocycles. The minimum absolute atomic E-state index is 0.183. The molecule has 0 unspecified atom stereocenters. The molecule has 0 amide bonds. The maximum Gasteiger partial charge on any atom is 0.229 e. The fourth-order valence-electron chi connectivity index (χ4n) is 13.7. The number of fused-ring (bicyclic) bond motifs is 1. The maximum atomic E-state index is 13.0. The number of allylic oxidation sites excluding steroid dienone is 2. The zero-order chi connectivity index (χ0) is 81.1. The van der Waals surface area contributed by atoms with E-state index in [4.69, 9.17) is 47.8 Å². The molecule has 0 spiro atoms. The van der Waals surface area contributed by atoms with E-state index in [1.165, 1.54) is 44.0 Å². The van der Waals surface area contributed by atoms with Gasteiger partial charge in [-0.2, -0.15) is 15.0 Å². The van der Waals surface area contributed by atoms with Crippen LogP contribution in [0.4, 0.5) is 80.8 Å². The number of hydrogen-bond donors (Lipinski definition) is 7. The third kappa shape index (κ3) is 21.2. The number of nitrogens with one attached hydrogen (secondary N) is 6. The Morgan fingerprint density at radius 1 is 0.531 bits per heavy atom. The Morgan fingerprint density at radius 2 is 1.01 bits per heavy atom. The zero-order valence-electron chi connectivity index (χ0n) is 66.3. The average molecular weight is 1660 g/mol. The molecule has 602 valence electrons. The molecule has 32 heteroatoms. The Balaban J connectivity index is 0.000000168. The van der Waals surface area contributed by atoms with Crippen molar-refractivity contribution in [2.45, 2.75) is 87.1 Å². The summed E-state index contributed by atoms with van der Waals surface area (Å²) in [4.78, 5) is 39.8. The normalized spacial score (nSPS) is 15.3. The molecule has 0 atom stereocenters. The first kappa shape index (κ1) is 85.0. The molecular formula is C81H103Cl2N17O9P2S2. The number of benzene rings is 6. The van der Waals surface area contributed by atoms with Crippen LogP contribution in [0, 0.1) is 6.92 Å². The van der Waals surface area contributed by atoms with Gasteiger partial charge in [-0.1, -0.05) is 65.7 Å². The lowest BCUT2D eigenvalue weighted by molar-refractivity contribution is 0.0982. The highest BCUT2D eigenvalue weighted by atomic mass is 35.5. The number of rotatable bonds is 25. The molecule has 113 heavy (non-hydrogen) atoms. The van der Waals surface area contributed by atoms with Crippen LogP contribution < -0.4 is 61.8 Å². The van der Waals surface area contributed by atoms with Gasteiger partial charge >= 0.3 is 0 Å². The minimum Gasteiger partial charge on any atom is -0.495 e. The fourth-order valence-corrected chi connectivity index (χ4v) is 18.4. The first-order chi connectivity index (χ1) is 53.8. The third-order valence-corrected chi connectivity index (χ3v) is 28.4. The lowest BCUT2D eigenvalue weighted by atomic mass is 10.0. The van der Waals surface area contributed by atoms with Crippen LogP contribution in [0.1, 0.15) is 64.3 Å². The molecule has 1 aliphatic carbocycles. The van der Waals surface area contributed by atoms with Crippen molar-refractivity contribution in [3.05, 3.63) is 173 Å². The number of hydrogen-bond acceptors (Lipinski definition) is 26. The summed E-state index contributed by atoms with van der Waals surface area (Å²) in [7, 11) is -6.59. The van der Waals surface area contributed by atoms with Gasteiger partial charge in [0.05, 0.1) is 87.6 Å². The number of aliphatic hydroxyl groups excluding tert-OH is 1. The summed E-state index contributed by atoms with van der Waals surface area (Å²) in [5.41, 5.74) is 9.93. The van der Waals surface area contributed by atoms with Crippen LogP contribution in [-0.2, 0) is 35.2 Å². The van der Waals surface area contributed by atoms with Crippen LogP contribution in [-0.4, -0.2) is 210 Å². The van der Waals surface area contributed by atoms with E-state index < -0.39 is 44.5 Å². The summed E-state index contributed by atoms with van der Waals surface area (Å²) in [5.74, 6) is 3.50. The number of sulfone groups is 2. The first-order valence-electron chi connectivity index (χ1n) is 37.6.